The zero-order chi connectivity index (χ0) is 11.6. The Balaban J connectivity index is 3.32. The van der Waals surface area contributed by atoms with Gasteiger partial charge in [0.1, 0.15) is 11.9 Å². The van der Waals surface area contributed by atoms with Crippen molar-refractivity contribution in [3.63, 3.8) is 0 Å². The summed E-state index contributed by atoms with van der Waals surface area (Å²) in [4.78, 5) is 0. The molecule has 0 aliphatic carbocycles. The van der Waals surface area contributed by atoms with Crippen molar-refractivity contribution in [3.8, 4) is 6.07 Å². The van der Waals surface area contributed by atoms with Gasteiger partial charge >= 0.3 is 0 Å². The summed E-state index contributed by atoms with van der Waals surface area (Å²) in [6, 6.07) is 3.70. The van der Waals surface area contributed by atoms with Gasteiger partial charge in [-0.1, -0.05) is 0 Å². The van der Waals surface area contributed by atoms with Crippen LogP contribution in [0, 0.1) is 17.1 Å². The highest BCUT2D eigenvalue weighted by molar-refractivity contribution is 7.89. The lowest BCUT2D eigenvalue weighted by atomic mass is 10.1. The summed E-state index contributed by atoms with van der Waals surface area (Å²) in [5, 5.41) is 8.62. The third-order valence-electron chi connectivity index (χ3n) is 1.77. The summed E-state index contributed by atoms with van der Waals surface area (Å²) in [6.07, 6.45) is 1.02. The first-order chi connectivity index (χ1) is 6.83. The molecule has 0 heterocycles. The molecule has 1 aromatic carbocycles. The van der Waals surface area contributed by atoms with Gasteiger partial charge in [-0.15, -0.1) is 0 Å². The standard InChI is InChI=1S/C9H9FN2O2S/c1-15(13,14)5-7-3-8(10)2-6(4-11)9(7)12/h2-3H,5,12H2,1H3. The molecule has 0 aliphatic rings. The minimum atomic E-state index is -3.30. The van der Waals surface area contributed by atoms with Gasteiger partial charge in [-0.2, -0.15) is 5.26 Å². The SMILES string of the molecule is CS(=O)(=O)Cc1cc(F)cc(C#N)c1N. The van der Waals surface area contributed by atoms with Crippen LogP contribution in [0.5, 0.6) is 0 Å². The van der Waals surface area contributed by atoms with Crippen molar-refractivity contribution in [1.82, 2.24) is 0 Å². The minimum Gasteiger partial charge on any atom is -0.397 e. The third kappa shape index (κ3) is 2.92. The number of halogens is 1. The monoisotopic (exact) mass is 228 g/mol. The van der Waals surface area contributed by atoms with Crippen LogP contribution in [-0.2, 0) is 15.6 Å². The van der Waals surface area contributed by atoms with Crippen LogP contribution in [0.25, 0.3) is 0 Å². The van der Waals surface area contributed by atoms with Gasteiger partial charge in [-0.05, 0) is 17.7 Å². The Morgan fingerprint density at radius 1 is 1.53 bits per heavy atom. The molecule has 0 bridgehead atoms. The second-order valence-corrected chi connectivity index (χ2v) is 5.35. The molecule has 1 rings (SSSR count). The molecule has 0 aromatic heterocycles. The number of anilines is 1. The number of rotatable bonds is 2. The summed E-state index contributed by atoms with van der Waals surface area (Å²) >= 11 is 0. The molecule has 0 spiro atoms. The number of sulfone groups is 1. The average molecular weight is 228 g/mol. The smallest absolute Gasteiger partial charge is 0.151 e. The fourth-order valence-electron chi connectivity index (χ4n) is 1.17. The molecular weight excluding hydrogens is 219 g/mol. The molecular formula is C9H9FN2O2S. The van der Waals surface area contributed by atoms with Gasteiger partial charge in [-0.25, -0.2) is 12.8 Å². The quantitative estimate of drug-likeness (QED) is 0.759. The molecule has 0 aliphatic heterocycles. The third-order valence-corrected chi connectivity index (χ3v) is 2.60. The van der Waals surface area contributed by atoms with Crippen molar-refractivity contribution in [1.29, 1.82) is 5.26 Å². The molecule has 4 nitrogen and oxygen atoms in total. The summed E-state index contributed by atoms with van der Waals surface area (Å²) in [5.41, 5.74) is 5.61. The predicted molar refractivity (Wildman–Crippen MR) is 54.1 cm³/mol. The first-order valence-electron chi connectivity index (χ1n) is 3.99. The molecule has 0 saturated heterocycles. The second-order valence-electron chi connectivity index (χ2n) is 3.21. The van der Waals surface area contributed by atoms with Crippen LogP contribution in [0.4, 0.5) is 10.1 Å². The van der Waals surface area contributed by atoms with E-state index in [1.807, 2.05) is 0 Å². The fraction of sp³-hybridized carbons (Fsp3) is 0.222. The van der Waals surface area contributed by atoms with Crippen molar-refractivity contribution in [2.45, 2.75) is 5.75 Å². The van der Waals surface area contributed by atoms with Gasteiger partial charge in [0.2, 0.25) is 0 Å². The highest BCUT2D eigenvalue weighted by Crippen LogP contribution is 2.20. The van der Waals surface area contributed by atoms with E-state index >= 15 is 0 Å². The van der Waals surface area contributed by atoms with Gasteiger partial charge < -0.3 is 5.73 Å². The highest BCUT2D eigenvalue weighted by Gasteiger charge is 2.12. The molecule has 0 radical (unpaired) electrons. The topological polar surface area (TPSA) is 84.0 Å². The van der Waals surface area contributed by atoms with Crippen LogP contribution in [0.2, 0.25) is 0 Å². The molecule has 0 fully saturated rings. The van der Waals surface area contributed by atoms with Crippen molar-refractivity contribution in [2.24, 2.45) is 0 Å². The Bertz CT molecular complexity index is 532. The number of nitriles is 1. The van der Waals surface area contributed by atoms with Gasteiger partial charge in [0.15, 0.2) is 9.84 Å². The fourth-order valence-corrected chi connectivity index (χ4v) is 1.97. The van der Waals surface area contributed by atoms with Crippen LogP contribution in [0.15, 0.2) is 12.1 Å². The average Bonchev–Trinajstić information content (AvgIpc) is 2.08. The zero-order valence-electron chi connectivity index (χ0n) is 7.99. The van der Waals surface area contributed by atoms with Crippen LogP contribution in [-0.4, -0.2) is 14.7 Å². The summed E-state index contributed by atoms with van der Waals surface area (Å²) < 4.78 is 35.0. The van der Waals surface area contributed by atoms with E-state index in [-0.39, 0.29) is 22.6 Å². The molecule has 0 saturated carbocycles. The molecule has 80 valence electrons. The molecule has 6 heteroatoms. The van der Waals surface area contributed by atoms with Crippen molar-refractivity contribution >= 4 is 15.5 Å². The van der Waals surface area contributed by atoms with Crippen LogP contribution in [0.3, 0.4) is 0 Å². The van der Waals surface area contributed by atoms with Gasteiger partial charge in [0, 0.05) is 6.26 Å². The Kier molecular flexibility index (Phi) is 2.95. The Hall–Kier alpha value is -1.61. The van der Waals surface area contributed by atoms with E-state index in [1.54, 1.807) is 6.07 Å². The number of nitrogen functional groups attached to an aromatic ring is 1. The molecule has 0 atom stereocenters. The lowest BCUT2D eigenvalue weighted by Gasteiger charge is -2.06. The molecule has 0 unspecified atom stereocenters. The van der Waals surface area contributed by atoms with E-state index in [0.717, 1.165) is 18.4 Å². The Morgan fingerprint density at radius 2 is 2.13 bits per heavy atom. The Labute approximate surface area is 87.0 Å². The summed E-state index contributed by atoms with van der Waals surface area (Å²) in [7, 11) is -3.30. The number of hydrogen-bond acceptors (Lipinski definition) is 4. The number of hydrogen-bond donors (Lipinski definition) is 1. The molecule has 1 aromatic rings. The van der Waals surface area contributed by atoms with Gasteiger partial charge in [-0.3, -0.25) is 0 Å². The lowest BCUT2D eigenvalue weighted by Crippen LogP contribution is -2.06. The van der Waals surface area contributed by atoms with E-state index in [0.29, 0.717) is 0 Å². The van der Waals surface area contributed by atoms with E-state index < -0.39 is 15.7 Å². The van der Waals surface area contributed by atoms with Crippen LogP contribution in [0.1, 0.15) is 11.1 Å². The molecule has 0 amide bonds. The largest absolute Gasteiger partial charge is 0.397 e. The summed E-state index contributed by atoms with van der Waals surface area (Å²) in [6.45, 7) is 0. The maximum absolute atomic E-state index is 13.0. The number of benzene rings is 1. The van der Waals surface area contributed by atoms with E-state index in [9.17, 15) is 12.8 Å². The minimum absolute atomic E-state index is 0.0179. The van der Waals surface area contributed by atoms with E-state index in [4.69, 9.17) is 11.0 Å². The lowest BCUT2D eigenvalue weighted by molar-refractivity contribution is 0.600. The zero-order valence-corrected chi connectivity index (χ0v) is 8.81. The predicted octanol–water partition coefficient (Wildman–Crippen LogP) is 0.824. The molecule has 15 heavy (non-hydrogen) atoms. The maximum Gasteiger partial charge on any atom is 0.151 e. The maximum atomic E-state index is 13.0. The normalized spacial score (nSPS) is 11.0. The Morgan fingerprint density at radius 3 is 2.60 bits per heavy atom. The van der Waals surface area contributed by atoms with Gasteiger partial charge in [0.25, 0.3) is 0 Å². The van der Waals surface area contributed by atoms with E-state index in [1.165, 1.54) is 0 Å². The van der Waals surface area contributed by atoms with Gasteiger partial charge in [0.05, 0.1) is 17.0 Å². The second kappa shape index (κ2) is 3.87. The molecule has 2 N–H and O–H groups in total. The number of nitrogens with two attached hydrogens (primary N) is 1. The van der Waals surface area contributed by atoms with Crippen molar-refractivity contribution in [2.75, 3.05) is 12.0 Å². The summed E-state index contributed by atoms with van der Waals surface area (Å²) in [5.74, 6) is -1.04. The first kappa shape index (κ1) is 11.5. The first-order valence-corrected chi connectivity index (χ1v) is 6.05. The van der Waals surface area contributed by atoms with Crippen molar-refractivity contribution < 1.29 is 12.8 Å². The highest BCUT2D eigenvalue weighted by atomic mass is 32.2. The van der Waals surface area contributed by atoms with Crippen molar-refractivity contribution in [3.05, 3.63) is 29.1 Å². The van der Waals surface area contributed by atoms with Crippen LogP contribution < -0.4 is 5.73 Å². The number of nitrogens with zero attached hydrogens (tertiary/aromatic N) is 1. The van der Waals surface area contributed by atoms with Crippen LogP contribution >= 0.6 is 0 Å². The van der Waals surface area contributed by atoms with E-state index in [2.05, 4.69) is 0 Å².